The number of nitrogens with two attached hydrogens (primary N) is 2. The number of nitrogens with zero attached hydrogens (tertiary/aromatic N) is 4. The Balaban J connectivity index is 1.41. The number of aromatic nitrogens is 6. The molecule has 5 rings (SSSR count). The van der Waals surface area contributed by atoms with Crippen LogP contribution in [0.5, 0.6) is 0 Å². The van der Waals surface area contributed by atoms with E-state index in [9.17, 15) is 0 Å². The fraction of sp³-hybridized carbons (Fsp3) is 0. The van der Waals surface area contributed by atoms with Crippen molar-refractivity contribution in [3.05, 3.63) is 60.9 Å². The van der Waals surface area contributed by atoms with Gasteiger partial charge in [0, 0.05) is 40.2 Å². The van der Waals surface area contributed by atoms with Crippen LogP contribution in [0.2, 0.25) is 0 Å². The Morgan fingerprint density at radius 3 is 2.31 bits per heavy atom. The minimum atomic E-state index is 0.0728. The van der Waals surface area contributed by atoms with E-state index >= 15 is 0 Å². The number of rotatable bonds is 4. The molecule has 0 aliphatic carbocycles. The van der Waals surface area contributed by atoms with Gasteiger partial charge in [0.1, 0.15) is 5.82 Å². The Bertz CT molecular complexity index is 1270. The molecule has 0 atom stereocenters. The molecule has 2 aromatic carbocycles. The lowest BCUT2D eigenvalue weighted by atomic mass is 10.1. The second-order valence-electron chi connectivity index (χ2n) is 6.50. The highest BCUT2D eigenvalue weighted by Crippen LogP contribution is 2.28. The summed E-state index contributed by atoms with van der Waals surface area (Å²) in [6, 6.07) is 16.2. The van der Waals surface area contributed by atoms with Crippen molar-refractivity contribution in [2.24, 2.45) is 0 Å². The summed E-state index contributed by atoms with van der Waals surface area (Å²) in [5.74, 6) is 1.30. The van der Waals surface area contributed by atoms with Gasteiger partial charge in [-0.15, -0.1) is 0 Å². The van der Waals surface area contributed by atoms with Gasteiger partial charge in [-0.05, 0) is 29.8 Å². The molecule has 0 unspecified atom stereocenters. The molecule has 0 bridgehead atoms. The smallest absolute Gasteiger partial charge is 0.233 e. The SMILES string of the molecule is Nc1nc(N)nc(Nc2ccc(-c3cc4ccc(-c5ncc[nH]5)cc4[nH]3)cc2)n1. The van der Waals surface area contributed by atoms with Gasteiger partial charge < -0.3 is 26.8 Å². The minimum Gasteiger partial charge on any atom is -0.368 e. The van der Waals surface area contributed by atoms with Crippen molar-refractivity contribution >= 4 is 34.4 Å². The van der Waals surface area contributed by atoms with E-state index in [1.165, 1.54) is 0 Å². The Morgan fingerprint density at radius 2 is 1.59 bits per heavy atom. The fourth-order valence-electron chi connectivity index (χ4n) is 3.18. The van der Waals surface area contributed by atoms with E-state index in [4.69, 9.17) is 11.5 Å². The van der Waals surface area contributed by atoms with Gasteiger partial charge in [-0.2, -0.15) is 15.0 Å². The normalized spacial score (nSPS) is 11.0. The molecule has 0 aliphatic rings. The van der Waals surface area contributed by atoms with Crippen LogP contribution in [0.25, 0.3) is 33.5 Å². The Kier molecular flexibility index (Phi) is 3.84. The summed E-state index contributed by atoms with van der Waals surface area (Å²) >= 11 is 0. The van der Waals surface area contributed by atoms with E-state index in [1.807, 2.05) is 30.5 Å². The average molecular weight is 383 g/mol. The zero-order valence-electron chi connectivity index (χ0n) is 15.2. The molecular weight excluding hydrogens is 366 g/mol. The van der Waals surface area contributed by atoms with Crippen molar-refractivity contribution in [1.82, 2.24) is 29.9 Å². The van der Waals surface area contributed by atoms with Crippen LogP contribution in [-0.2, 0) is 0 Å². The number of imidazole rings is 1. The lowest BCUT2D eigenvalue weighted by molar-refractivity contribution is 1.08. The summed E-state index contributed by atoms with van der Waals surface area (Å²) in [6.45, 7) is 0. The first kappa shape index (κ1) is 16.8. The van der Waals surface area contributed by atoms with Crippen LogP contribution in [0, 0.1) is 0 Å². The van der Waals surface area contributed by atoms with E-state index in [0.717, 1.165) is 39.2 Å². The van der Waals surface area contributed by atoms with Gasteiger partial charge in [0.25, 0.3) is 0 Å². The molecule has 0 fully saturated rings. The van der Waals surface area contributed by atoms with E-state index in [2.05, 4.69) is 59.5 Å². The Labute approximate surface area is 165 Å². The molecule has 3 heterocycles. The molecule has 0 radical (unpaired) electrons. The highest BCUT2D eigenvalue weighted by molar-refractivity contribution is 5.89. The van der Waals surface area contributed by atoms with E-state index in [1.54, 1.807) is 6.20 Å². The summed E-state index contributed by atoms with van der Waals surface area (Å²) in [6.07, 6.45) is 3.56. The molecular formula is C20H17N9. The number of hydrogen-bond donors (Lipinski definition) is 5. The van der Waals surface area contributed by atoms with Crippen molar-refractivity contribution in [3.8, 4) is 22.6 Å². The van der Waals surface area contributed by atoms with Crippen molar-refractivity contribution in [2.75, 3.05) is 16.8 Å². The van der Waals surface area contributed by atoms with E-state index in [0.29, 0.717) is 5.95 Å². The Morgan fingerprint density at radius 1 is 0.828 bits per heavy atom. The number of anilines is 4. The summed E-state index contributed by atoms with van der Waals surface area (Å²) in [7, 11) is 0. The molecule has 3 aromatic heterocycles. The van der Waals surface area contributed by atoms with Gasteiger partial charge in [0.2, 0.25) is 17.8 Å². The van der Waals surface area contributed by atoms with Crippen LogP contribution < -0.4 is 16.8 Å². The predicted octanol–water partition coefficient (Wildman–Crippen LogP) is 3.32. The molecule has 0 saturated heterocycles. The molecule has 5 aromatic rings. The highest BCUT2D eigenvalue weighted by atomic mass is 15.2. The van der Waals surface area contributed by atoms with Crippen LogP contribution in [-0.4, -0.2) is 29.9 Å². The molecule has 0 aliphatic heterocycles. The minimum absolute atomic E-state index is 0.0728. The maximum atomic E-state index is 5.60. The zero-order chi connectivity index (χ0) is 19.8. The molecule has 7 N–H and O–H groups in total. The summed E-state index contributed by atoms with van der Waals surface area (Å²) < 4.78 is 0. The Hall–Kier alpha value is -4.40. The molecule has 9 heteroatoms. The van der Waals surface area contributed by atoms with Gasteiger partial charge in [-0.25, -0.2) is 4.98 Å². The third-order valence-corrected chi connectivity index (χ3v) is 4.52. The number of hydrogen-bond acceptors (Lipinski definition) is 7. The summed E-state index contributed by atoms with van der Waals surface area (Å²) in [4.78, 5) is 22.7. The maximum absolute atomic E-state index is 5.60. The molecule has 0 saturated carbocycles. The standard InChI is InChI=1S/C20H17N9/c21-18-27-19(22)29-20(28-18)25-14-5-3-11(4-6-14)15-9-12-1-2-13(10-16(12)26-15)17-23-7-8-24-17/h1-10,26H,(H,23,24)(H5,21,22,25,27,28,29). The van der Waals surface area contributed by atoms with Crippen LogP contribution >= 0.6 is 0 Å². The number of nitrogen functional groups attached to an aromatic ring is 2. The maximum Gasteiger partial charge on any atom is 0.233 e. The van der Waals surface area contributed by atoms with Gasteiger partial charge in [0.15, 0.2) is 0 Å². The molecule has 142 valence electrons. The van der Waals surface area contributed by atoms with Crippen molar-refractivity contribution in [3.63, 3.8) is 0 Å². The monoisotopic (exact) mass is 383 g/mol. The van der Waals surface area contributed by atoms with Crippen molar-refractivity contribution in [1.29, 1.82) is 0 Å². The first-order valence-corrected chi connectivity index (χ1v) is 8.91. The number of nitrogens with one attached hydrogen (secondary N) is 3. The van der Waals surface area contributed by atoms with Gasteiger partial charge in [-0.1, -0.05) is 24.3 Å². The summed E-state index contributed by atoms with van der Waals surface area (Å²) in [5.41, 5.74) is 16.2. The number of H-pyrrole nitrogens is 2. The number of aromatic amines is 2. The first-order valence-electron chi connectivity index (χ1n) is 8.91. The third kappa shape index (κ3) is 3.32. The lowest BCUT2D eigenvalue weighted by Crippen LogP contribution is -2.06. The van der Waals surface area contributed by atoms with Crippen LogP contribution in [0.15, 0.2) is 60.9 Å². The second kappa shape index (κ2) is 6.64. The molecule has 9 nitrogen and oxygen atoms in total. The number of benzene rings is 2. The van der Waals surface area contributed by atoms with Gasteiger partial charge in [0.05, 0.1) is 0 Å². The van der Waals surface area contributed by atoms with E-state index < -0.39 is 0 Å². The summed E-state index contributed by atoms with van der Waals surface area (Å²) in [5, 5.41) is 4.20. The highest BCUT2D eigenvalue weighted by Gasteiger charge is 2.07. The van der Waals surface area contributed by atoms with Gasteiger partial charge in [-0.3, -0.25) is 0 Å². The van der Waals surface area contributed by atoms with E-state index in [-0.39, 0.29) is 11.9 Å². The fourth-order valence-corrected chi connectivity index (χ4v) is 3.18. The average Bonchev–Trinajstić information content (AvgIpc) is 3.37. The largest absolute Gasteiger partial charge is 0.368 e. The first-order chi connectivity index (χ1) is 14.1. The van der Waals surface area contributed by atoms with Crippen LogP contribution in [0.3, 0.4) is 0 Å². The van der Waals surface area contributed by atoms with Crippen LogP contribution in [0.4, 0.5) is 23.5 Å². The quantitative estimate of drug-likeness (QED) is 0.320. The third-order valence-electron chi connectivity index (χ3n) is 4.52. The second-order valence-corrected chi connectivity index (χ2v) is 6.50. The lowest BCUT2D eigenvalue weighted by Gasteiger charge is -2.06. The topological polar surface area (TPSA) is 147 Å². The zero-order valence-corrected chi connectivity index (χ0v) is 15.2. The van der Waals surface area contributed by atoms with Crippen molar-refractivity contribution in [2.45, 2.75) is 0 Å². The molecule has 29 heavy (non-hydrogen) atoms. The van der Waals surface area contributed by atoms with Gasteiger partial charge >= 0.3 is 0 Å². The number of fused-ring (bicyclic) bond motifs is 1. The van der Waals surface area contributed by atoms with Crippen LogP contribution in [0.1, 0.15) is 0 Å². The molecule has 0 spiro atoms. The molecule has 0 amide bonds. The van der Waals surface area contributed by atoms with Crippen molar-refractivity contribution < 1.29 is 0 Å². The predicted molar refractivity (Wildman–Crippen MR) is 113 cm³/mol.